The van der Waals surface area contributed by atoms with Crippen molar-refractivity contribution < 1.29 is 11.9 Å². The Morgan fingerprint density at radius 2 is 1.13 bits per heavy atom. The predicted octanol–water partition coefficient (Wildman–Crippen LogP) is 3.57. The fraction of sp³-hybridized carbons (Fsp3) is 0. The normalized spacial score (nSPS) is 10.4. The molecule has 4 nitrogen and oxygen atoms in total. The Labute approximate surface area is 106 Å². The second-order valence-electron chi connectivity index (χ2n) is 1.80. The summed E-state index contributed by atoms with van der Waals surface area (Å²) in [6.07, 6.45) is 6.92. The number of H-pyrrole nitrogens is 2. The first-order chi connectivity index (χ1) is 7.00. The predicted molar refractivity (Wildman–Crippen MR) is 60.6 cm³/mol. The molecule has 2 aromatic rings. The van der Waals surface area contributed by atoms with E-state index in [2.05, 4.69) is 20.4 Å². The zero-order valence-electron chi connectivity index (χ0n) is 7.19. The summed E-state index contributed by atoms with van der Waals surface area (Å²) in [5.41, 5.74) is 0. The molecule has 15 heavy (non-hydrogen) atoms. The first kappa shape index (κ1) is 15.3. The van der Waals surface area contributed by atoms with Crippen LogP contribution in [0.5, 0.6) is 0 Å². The van der Waals surface area contributed by atoms with Gasteiger partial charge < -0.3 is 0 Å². The molecule has 0 aliphatic heterocycles. The molecule has 90 valence electrons. The Morgan fingerprint density at radius 3 is 1.20 bits per heavy atom. The molecule has 2 N–H and O–H groups in total. The van der Waals surface area contributed by atoms with Gasteiger partial charge in [-0.2, -0.15) is 10.2 Å². The van der Waals surface area contributed by atoms with E-state index in [1.807, 2.05) is 12.1 Å². The van der Waals surface area contributed by atoms with Gasteiger partial charge in [0.05, 0.1) is 0 Å². The van der Waals surface area contributed by atoms with Gasteiger partial charge in [0.1, 0.15) is 0 Å². The van der Waals surface area contributed by atoms with Gasteiger partial charge in [0.25, 0.3) is 0 Å². The second-order valence-corrected chi connectivity index (χ2v) is 21.5. The Bertz CT molecular complexity index is 227. The molecule has 0 bridgehead atoms. The van der Waals surface area contributed by atoms with Crippen molar-refractivity contribution >= 4 is 37.7 Å². The number of rotatable bonds is 0. The minimum absolute atomic E-state index is 1.69. The number of hydrogen-bond donors (Lipinski definition) is 2. The Morgan fingerprint density at radius 1 is 0.800 bits per heavy atom. The molecule has 0 atom stereocenters. The van der Waals surface area contributed by atoms with Crippen LogP contribution in [0.1, 0.15) is 0 Å². The second kappa shape index (κ2) is 9.49. The van der Waals surface area contributed by atoms with Gasteiger partial charge in [-0.3, -0.25) is 10.2 Å². The average molecular weight is 473 g/mol. The molecule has 0 saturated heterocycles. The third-order valence-electron chi connectivity index (χ3n) is 0.812. The van der Waals surface area contributed by atoms with E-state index < -0.39 is 11.9 Å². The quantitative estimate of drug-likeness (QED) is 0.615. The summed E-state index contributed by atoms with van der Waals surface area (Å²) in [5.74, 6) is 0. The third kappa shape index (κ3) is 20.4. The third-order valence-corrected chi connectivity index (χ3v) is 0.812. The molecule has 0 fully saturated rings. The van der Waals surface area contributed by atoms with Gasteiger partial charge in [0, 0.05) is 24.8 Å². The average Bonchev–Trinajstić information content (AvgIpc) is 2.81. The summed E-state index contributed by atoms with van der Waals surface area (Å²) in [6.45, 7) is 0. The minimum atomic E-state index is -3.06. The van der Waals surface area contributed by atoms with Crippen molar-refractivity contribution in [3.05, 3.63) is 36.9 Å². The summed E-state index contributed by atoms with van der Waals surface area (Å²) in [5, 5.41) is 12.4. The molecule has 0 unspecified atom stereocenters. The van der Waals surface area contributed by atoms with Crippen LogP contribution >= 0.6 is 37.7 Å². The molecular formula is C6H8Cl4N4Pt. The van der Waals surface area contributed by atoms with E-state index in [0.717, 1.165) is 0 Å². The summed E-state index contributed by atoms with van der Waals surface area (Å²) in [7, 11) is 20.0. The molecule has 2 heterocycles. The standard InChI is InChI=1S/2C3H4N2.4ClH.Pt/c2*1-2-4-5-3-1;;;;;/h2*1-3H,(H,4,5);4*1H;/q;;;;;;+4/p-4. The number of halogens is 4. The van der Waals surface area contributed by atoms with E-state index in [9.17, 15) is 0 Å². The van der Waals surface area contributed by atoms with Crippen molar-refractivity contribution in [1.82, 2.24) is 20.4 Å². The number of aromatic nitrogens is 4. The molecule has 0 amide bonds. The topological polar surface area (TPSA) is 57.4 Å². The molecule has 9 heteroatoms. The van der Waals surface area contributed by atoms with E-state index in [0.29, 0.717) is 0 Å². The van der Waals surface area contributed by atoms with E-state index >= 15 is 0 Å². The maximum absolute atomic E-state index is 5.01. The van der Waals surface area contributed by atoms with E-state index in [1.165, 1.54) is 0 Å². The SMILES string of the molecule is [Cl][Pt]([Cl])([Cl])[Cl].c1cn[nH]c1.c1cn[nH]c1. The molecule has 2 rings (SSSR count). The number of aromatic amines is 2. The molecule has 0 aliphatic rings. The van der Waals surface area contributed by atoms with Gasteiger partial charge in [0.2, 0.25) is 0 Å². The van der Waals surface area contributed by atoms with E-state index in [1.54, 1.807) is 24.8 Å². The first-order valence-electron chi connectivity index (χ1n) is 3.35. The molecule has 0 saturated carbocycles. The van der Waals surface area contributed by atoms with Crippen LogP contribution in [0.4, 0.5) is 0 Å². The van der Waals surface area contributed by atoms with Crippen LogP contribution < -0.4 is 0 Å². The summed E-state index contributed by atoms with van der Waals surface area (Å²) in [6, 6.07) is 3.67. The van der Waals surface area contributed by atoms with Crippen molar-refractivity contribution in [2.75, 3.05) is 0 Å². The summed E-state index contributed by atoms with van der Waals surface area (Å²) >= 11 is -3.06. The van der Waals surface area contributed by atoms with Crippen LogP contribution in [0.15, 0.2) is 36.9 Å². The fourth-order valence-electron chi connectivity index (χ4n) is 0.430. The van der Waals surface area contributed by atoms with E-state index in [4.69, 9.17) is 37.7 Å². The van der Waals surface area contributed by atoms with Crippen molar-refractivity contribution in [3.63, 3.8) is 0 Å². The van der Waals surface area contributed by atoms with Crippen molar-refractivity contribution in [2.24, 2.45) is 0 Å². The van der Waals surface area contributed by atoms with Gasteiger partial charge in [-0.25, -0.2) is 0 Å². The van der Waals surface area contributed by atoms with Crippen LogP contribution in [0.25, 0.3) is 0 Å². The van der Waals surface area contributed by atoms with Gasteiger partial charge >= 0.3 is 49.6 Å². The Hall–Kier alpha value is 0.268. The van der Waals surface area contributed by atoms with Crippen molar-refractivity contribution in [1.29, 1.82) is 0 Å². The molecule has 0 spiro atoms. The summed E-state index contributed by atoms with van der Waals surface area (Å²) < 4.78 is 0. The summed E-state index contributed by atoms with van der Waals surface area (Å²) in [4.78, 5) is 0. The molecule has 2 aromatic heterocycles. The van der Waals surface area contributed by atoms with Crippen molar-refractivity contribution in [3.8, 4) is 0 Å². The fourth-order valence-corrected chi connectivity index (χ4v) is 0.430. The van der Waals surface area contributed by atoms with Crippen LogP contribution in [0.3, 0.4) is 0 Å². The zero-order chi connectivity index (χ0) is 11.6. The van der Waals surface area contributed by atoms with Gasteiger partial charge in [-0.1, -0.05) is 0 Å². The molecule has 0 aromatic carbocycles. The van der Waals surface area contributed by atoms with Gasteiger partial charge in [-0.15, -0.1) is 0 Å². The van der Waals surface area contributed by atoms with Crippen LogP contribution in [-0.4, -0.2) is 20.4 Å². The van der Waals surface area contributed by atoms with Crippen LogP contribution in [-0.2, 0) is 11.9 Å². The van der Waals surface area contributed by atoms with Crippen LogP contribution in [0.2, 0.25) is 0 Å². The maximum Gasteiger partial charge on any atom is 0.0487 e. The Balaban J connectivity index is 0.000000196. The number of hydrogen-bond acceptors (Lipinski definition) is 2. The number of nitrogens with one attached hydrogen (secondary N) is 2. The monoisotopic (exact) mass is 471 g/mol. The molecule has 0 aliphatic carbocycles. The molecule has 0 radical (unpaired) electrons. The van der Waals surface area contributed by atoms with Crippen molar-refractivity contribution in [2.45, 2.75) is 0 Å². The smallest absolute Gasteiger partial charge is 0.0487 e. The van der Waals surface area contributed by atoms with Gasteiger partial charge in [0.15, 0.2) is 0 Å². The largest absolute Gasteiger partial charge is 0.286 e. The van der Waals surface area contributed by atoms with E-state index in [-0.39, 0.29) is 0 Å². The first-order valence-corrected chi connectivity index (χ1v) is 14.6. The van der Waals surface area contributed by atoms with Gasteiger partial charge in [-0.05, 0) is 12.1 Å². The Kier molecular flexibility index (Phi) is 9.66. The minimum Gasteiger partial charge on any atom is -0.286 e. The number of nitrogens with zero attached hydrogens (tertiary/aromatic N) is 2. The molecular weight excluding hydrogens is 465 g/mol. The van der Waals surface area contributed by atoms with Crippen LogP contribution in [0, 0.1) is 0 Å². The maximum atomic E-state index is 5.01. The zero-order valence-corrected chi connectivity index (χ0v) is 12.5.